The molecule has 1 N–H and O–H groups in total. The van der Waals surface area contributed by atoms with Crippen LogP contribution in [0.5, 0.6) is 0 Å². The molecule has 0 unspecified atom stereocenters. The Morgan fingerprint density at radius 2 is 2.25 bits per heavy atom. The van der Waals surface area contributed by atoms with E-state index in [1.54, 1.807) is 0 Å². The third-order valence-corrected chi connectivity index (χ3v) is 1.05. The number of carboxylic acids is 1. The molecule has 0 fully saturated rings. The van der Waals surface area contributed by atoms with Crippen molar-refractivity contribution < 1.29 is 14.5 Å². The van der Waals surface area contributed by atoms with Gasteiger partial charge in [-0.15, -0.1) is 0 Å². The summed E-state index contributed by atoms with van der Waals surface area (Å²) in [6.45, 7) is 0. The van der Waals surface area contributed by atoms with Gasteiger partial charge in [0.1, 0.15) is 0 Å². The molecule has 0 bridgehead atoms. The monoisotopic (exact) mass is 133 g/mol. The molecule has 0 aliphatic heterocycles. The molecule has 0 amide bonds. The molecule has 0 saturated heterocycles. The number of carbonyl (C=O) groups is 1. The van der Waals surface area contributed by atoms with Gasteiger partial charge in [0.2, 0.25) is 13.9 Å². The number of hydrogen-bond acceptors (Lipinski definition) is 3. The van der Waals surface area contributed by atoms with Crippen LogP contribution in [0.15, 0.2) is 4.99 Å². The van der Waals surface area contributed by atoms with E-state index < -0.39 is 14.4 Å². The molecule has 4 nitrogen and oxygen atoms in total. The molecule has 0 aromatic rings. The smallest absolute Gasteiger partial charge is 0.362 e. The Hall–Kier alpha value is -0.760. The highest BCUT2D eigenvalue weighted by Gasteiger charge is 2.05. The summed E-state index contributed by atoms with van der Waals surface area (Å²) in [5, 5.41) is 8.04. The Balaban J connectivity index is 4.13. The Morgan fingerprint density at radius 1 is 1.75 bits per heavy atom. The first-order chi connectivity index (χ1) is 3.72. The summed E-state index contributed by atoms with van der Waals surface area (Å²) in [6, 6.07) is 0. The van der Waals surface area contributed by atoms with E-state index in [2.05, 4.69) is 4.99 Å². The van der Waals surface area contributed by atoms with Crippen molar-refractivity contribution in [3.8, 4) is 0 Å². The van der Waals surface area contributed by atoms with Crippen molar-refractivity contribution in [2.24, 2.45) is 4.99 Å². The SMILES string of the molecule is CN=C(P=O)C(=O)O. The second-order valence-electron chi connectivity index (χ2n) is 0.944. The van der Waals surface area contributed by atoms with Gasteiger partial charge in [0, 0.05) is 7.05 Å². The molecule has 0 saturated carbocycles. The topological polar surface area (TPSA) is 66.7 Å². The van der Waals surface area contributed by atoms with Gasteiger partial charge in [-0.2, -0.15) is 0 Å². The second kappa shape index (κ2) is 3.27. The number of aliphatic carboxylic acids is 1. The highest BCUT2D eigenvalue weighted by molar-refractivity contribution is 7.51. The summed E-state index contributed by atoms with van der Waals surface area (Å²) >= 11 is 0. The number of aliphatic imine (C=N–C) groups is 1. The van der Waals surface area contributed by atoms with Crippen molar-refractivity contribution in [3.63, 3.8) is 0 Å². The molecule has 0 aromatic carbocycles. The van der Waals surface area contributed by atoms with Gasteiger partial charge in [0.05, 0.1) is 0 Å². The predicted molar refractivity (Wildman–Crippen MR) is 28.6 cm³/mol. The number of nitrogens with zero attached hydrogens (tertiary/aromatic N) is 1. The molecule has 0 aliphatic carbocycles. The Bertz CT molecular complexity index is 141. The fraction of sp³-hybridized carbons (Fsp3) is 0.333. The van der Waals surface area contributed by atoms with Crippen LogP contribution in [0.3, 0.4) is 0 Å². The van der Waals surface area contributed by atoms with Crippen LogP contribution in [-0.2, 0) is 9.36 Å². The maximum Gasteiger partial charge on any atom is 0.362 e. The van der Waals surface area contributed by atoms with Gasteiger partial charge in [-0.1, -0.05) is 0 Å². The Kier molecular flexibility index (Phi) is 2.96. The van der Waals surface area contributed by atoms with Crippen molar-refractivity contribution >= 4 is 19.9 Å². The molecule has 0 heterocycles. The third kappa shape index (κ3) is 1.80. The minimum atomic E-state index is -1.25. The lowest BCUT2D eigenvalue weighted by atomic mass is 10.7. The van der Waals surface area contributed by atoms with Crippen LogP contribution in [0.2, 0.25) is 0 Å². The van der Waals surface area contributed by atoms with E-state index in [9.17, 15) is 9.36 Å². The molecule has 0 aromatic heterocycles. The van der Waals surface area contributed by atoms with Crippen LogP contribution in [0.1, 0.15) is 0 Å². The van der Waals surface area contributed by atoms with Gasteiger partial charge in [-0.3, -0.25) is 9.56 Å². The lowest BCUT2D eigenvalue weighted by molar-refractivity contribution is -0.129. The van der Waals surface area contributed by atoms with Crippen LogP contribution in [0, 0.1) is 0 Å². The van der Waals surface area contributed by atoms with Gasteiger partial charge < -0.3 is 5.11 Å². The van der Waals surface area contributed by atoms with Crippen LogP contribution in [-0.4, -0.2) is 23.6 Å². The Labute approximate surface area is 47.4 Å². The van der Waals surface area contributed by atoms with E-state index in [1.165, 1.54) is 7.05 Å². The number of carboxylic acid groups (broad SMARTS) is 1. The van der Waals surface area contributed by atoms with Crippen molar-refractivity contribution in [2.45, 2.75) is 0 Å². The molecule has 0 aliphatic rings. The normalized spacial score (nSPS) is 11.9. The quantitative estimate of drug-likeness (QED) is 0.437. The number of hydrogen-bond donors (Lipinski definition) is 1. The molecule has 0 rings (SSSR count). The van der Waals surface area contributed by atoms with Crippen molar-refractivity contribution in [2.75, 3.05) is 7.05 Å². The molecular formula is C3H4NO3P. The average molecular weight is 133 g/mol. The lowest BCUT2D eigenvalue weighted by Crippen LogP contribution is -2.04. The van der Waals surface area contributed by atoms with Gasteiger partial charge in [0.15, 0.2) is 0 Å². The molecule has 0 atom stereocenters. The Morgan fingerprint density at radius 3 is 2.25 bits per heavy atom. The maximum absolute atomic E-state index is 9.82. The van der Waals surface area contributed by atoms with Crippen LogP contribution >= 0.6 is 8.46 Å². The highest BCUT2D eigenvalue weighted by Crippen LogP contribution is 1.95. The van der Waals surface area contributed by atoms with E-state index in [0.717, 1.165) is 0 Å². The highest BCUT2D eigenvalue weighted by atomic mass is 31.1. The van der Waals surface area contributed by atoms with Crippen LogP contribution < -0.4 is 0 Å². The van der Waals surface area contributed by atoms with Gasteiger partial charge in [0.25, 0.3) is 0 Å². The van der Waals surface area contributed by atoms with E-state index >= 15 is 0 Å². The van der Waals surface area contributed by atoms with Crippen molar-refractivity contribution in [1.82, 2.24) is 0 Å². The zero-order chi connectivity index (χ0) is 6.57. The fourth-order valence-electron chi connectivity index (χ4n) is 0.176. The molecule has 44 valence electrons. The minimum absolute atomic E-state index is 0.356. The third-order valence-electron chi connectivity index (χ3n) is 0.490. The first-order valence-electron chi connectivity index (χ1n) is 1.75. The van der Waals surface area contributed by atoms with Crippen LogP contribution in [0.4, 0.5) is 0 Å². The first kappa shape index (κ1) is 7.24. The van der Waals surface area contributed by atoms with E-state index in [0.29, 0.717) is 0 Å². The summed E-state index contributed by atoms with van der Waals surface area (Å²) in [4.78, 5) is 13.0. The molecular weight excluding hydrogens is 129 g/mol. The summed E-state index contributed by atoms with van der Waals surface area (Å²) in [6.07, 6.45) is 0. The van der Waals surface area contributed by atoms with E-state index in [4.69, 9.17) is 5.11 Å². The second-order valence-corrected chi connectivity index (χ2v) is 1.55. The summed E-state index contributed by atoms with van der Waals surface area (Å²) in [7, 11) is 0.726. The number of rotatable bonds is 2. The summed E-state index contributed by atoms with van der Waals surface area (Å²) in [5.74, 6) is -1.25. The summed E-state index contributed by atoms with van der Waals surface area (Å²) in [5.41, 5.74) is -0.356. The van der Waals surface area contributed by atoms with Crippen molar-refractivity contribution in [3.05, 3.63) is 0 Å². The largest absolute Gasteiger partial charge is 0.476 e. The summed E-state index contributed by atoms with van der Waals surface area (Å²) < 4.78 is 9.76. The standard InChI is InChI=1S/C3H4NO3P/c1-4-2(8-7)3(5)6/h1H3,(H,5,6). The van der Waals surface area contributed by atoms with E-state index in [-0.39, 0.29) is 5.45 Å². The zero-order valence-corrected chi connectivity index (χ0v) is 5.05. The van der Waals surface area contributed by atoms with Crippen molar-refractivity contribution in [1.29, 1.82) is 0 Å². The van der Waals surface area contributed by atoms with Gasteiger partial charge in [-0.25, -0.2) is 4.79 Å². The lowest BCUT2D eigenvalue weighted by Gasteiger charge is -1.80. The molecule has 8 heavy (non-hydrogen) atoms. The fourth-order valence-corrected chi connectivity index (χ4v) is 0.335. The van der Waals surface area contributed by atoms with Gasteiger partial charge >= 0.3 is 5.97 Å². The maximum atomic E-state index is 9.82. The molecule has 0 spiro atoms. The van der Waals surface area contributed by atoms with Gasteiger partial charge in [-0.05, 0) is 0 Å². The molecule has 0 radical (unpaired) electrons. The average Bonchev–Trinajstić information content (AvgIpc) is 1.69. The minimum Gasteiger partial charge on any atom is -0.476 e. The predicted octanol–water partition coefficient (Wildman–Crippen LogP) is 0.391. The van der Waals surface area contributed by atoms with Crippen LogP contribution in [0.25, 0.3) is 0 Å². The first-order valence-corrected chi connectivity index (χ1v) is 2.57. The molecule has 5 heteroatoms. The zero-order valence-electron chi connectivity index (χ0n) is 4.16. The van der Waals surface area contributed by atoms with E-state index in [1.807, 2.05) is 0 Å².